The van der Waals surface area contributed by atoms with E-state index in [9.17, 15) is 8.42 Å². The predicted molar refractivity (Wildman–Crippen MR) is 83.3 cm³/mol. The molecule has 0 fully saturated rings. The van der Waals surface area contributed by atoms with Crippen molar-refractivity contribution in [1.82, 2.24) is 0 Å². The lowest BCUT2D eigenvalue weighted by molar-refractivity contribution is 0.602. The van der Waals surface area contributed by atoms with Crippen LogP contribution in [0, 0.1) is 0 Å². The van der Waals surface area contributed by atoms with Gasteiger partial charge in [-0.3, -0.25) is 0 Å². The van der Waals surface area contributed by atoms with E-state index in [0.717, 1.165) is 5.75 Å². The van der Waals surface area contributed by atoms with E-state index < -0.39 is 9.84 Å². The second-order valence-electron chi connectivity index (χ2n) is 3.58. The van der Waals surface area contributed by atoms with Gasteiger partial charge in [0.05, 0.1) is 11.5 Å². The summed E-state index contributed by atoms with van der Waals surface area (Å²) in [5.41, 5.74) is 1.27. The van der Waals surface area contributed by atoms with Crippen LogP contribution >= 0.6 is 21.6 Å². The molecule has 98 valence electrons. The minimum absolute atomic E-state index is 0.0408. The van der Waals surface area contributed by atoms with Crippen LogP contribution in [0.25, 0.3) is 0 Å². The fourth-order valence-electron chi connectivity index (χ4n) is 1.19. The van der Waals surface area contributed by atoms with Crippen LogP contribution in [0.2, 0.25) is 0 Å². The summed E-state index contributed by atoms with van der Waals surface area (Å²) in [4.78, 5) is 0. The van der Waals surface area contributed by atoms with Crippen molar-refractivity contribution < 1.29 is 8.42 Å². The molecule has 0 N–H and O–H groups in total. The largest absolute Gasteiger partial charge is 0.228 e. The van der Waals surface area contributed by atoms with Crippen molar-refractivity contribution >= 4 is 31.4 Å². The van der Waals surface area contributed by atoms with Crippen LogP contribution in [0.5, 0.6) is 0 Å². The van der Waals surface area contributed by atoms with Gasteiger partial charge >= 0.3 is 0 Å². The standard InChI is InChI=1S/C13H16O2S3/c1-2-10-18(14,15)11-6-9-16-17-12-13-7-4-3-5-8-13/h2-9H,1,10-12H2/b9-6+. The zero-order valence-electron chi connectivity index (χ0n) is 9.99. The van der Waals surface area contributed by atoms with Gasteiger partial charge in [0.2, 0.25) is 0 Å². The first-order valence-electron chi connectivity index (χ1n) is 5.42. The van der Waals surface area contributed by atoms with E-state index in [-0.39, 0.29) is 11.5 Å². The molecule has 0 aliphatic rings. The highest BCUT2D eigenvalue weighted by Crippen LogP contribution is 2.26. The van der Waals surface area contributed by atoms with Crippen LogP contribution < -0.4 is 0 Å². The minimum Gasteiger partial charge on any atom is -0.228 e. The summed E-state index contributed by atoms with van der Waals surface area (Å²) in [6, 6.07) is 10.2. The van der Waals surface area contributed by atoms with Crippen molar-refractivity contribution in [2.45, 2.75) is 5.75 Å². The highest BCUT2D eigenvalue weighted by atomic mass is 33.1. The zero-order chi connectivity index (χ0) is 13.3. The lowest BCUT2D eigenvalue weighted by Crippen LogP contribution is -2.06. The van der Waals surface area contributed by atoms with Crippen LogP contribution in [0.4, 0.5) is 0 Å². The maximum absolute atomic E-state index is 11.3. The Hall–Kier alpha value is -0.650. The first-order chi connectivity index (χ1) is 8.64. The Labute approximate surface area is 117 Å². The van der Waals surface area contributed by atoms with Gasteiger partial charge < -0.3 is 0 Å². The molecule has 0 aromatic heterocycles. The van der Waals surface area contributed by atoms with Gasteiger partial charge in [-0.15, -0.1) is 6.58 Å². The summed E-state index contributed by atoms with van der Waals surface area (Å²) in [6.45, 7) is 3.42. The Morgan fingerprint density at radius 3 is 2.56 bits per heavy atom. The molecule has 0 aliphatic heterocycles. The number of hydrogen-bond acceptors (Lipinski definition) is 4. The molecule has 1 rings (SSSR count). The van der Waals surface area contributed by atoms with Gasteiger partial charge in [-0.1, -0.05) is 64.1 Å². The van der Waals surface area contributed by atoms with Gasteiger partial charge in [-0.05, 0) is 11.0 Å². The number of rotatable bonds is 8. The summed E-state index contributed by atoms with van der Waals surface area (Å²) in [6.07, 6.45) is 3.10. The van der Waals surface area contributed by atoms with E-state index in [1.165, 1.54) is 11.6 Å². The van der Waals surface area contributed by atoms with E-state index in [1.54, 1.807) is 27.7 Å². The molecule has 5 heteroatoms. The third kappa shape index (κ3) is 6.93. The van der Waals surface area contributed by atoms with E-state index in [2.05, 4.69) is 18.7 Å². The Kier molecular flexibility index (Phi) is 7.23. The van der Waals surface area contributed by atoms with Crippen LogP contribution in [0.3, 0.4) is 0 Å². The van der Waals surface area contributed by atoms with Gasteiger partial charge in [-0.2, -0.15) is 0 Å². The van der Waals surface area contributed by atoms with E-state index in [0.29, 0.717) is 0 Å². The SMILES string of the molecule is C=CCS(=O)(=O)C/C=C/SSCc1ccccc1. The smallest absolute Gasteiger partial charge is 0.157 e. The number of hydrogen-bond donors (Lipinski definition) is 0. The van der Waals surface area contributed by atoms with Crippen molar-refractivity contribution in [3.8, 4) is 0 Å². The van der Waals surface area contributed by atoms with Crippen LogP contribution in [-0.2, 0) is 15.6 Å². The highest BCUT2D eigenvalue weighted by molar-refractivity contribution is 8.77. The average molecular weight is 300 g/mol. The summed E-state index contributed by atoms with van der Waals surface area (Å²) in [7, 11) is 0.239. The molecule has 0 saturated carbocycles. The molecule has 0 amide bonds. The van der Waals surface area contributed by atoms with Crippen LogP contribution in [0.1, 0.15) is 5.56 Å². The molecular formula is C13H16O2S3. The molecule has 1 aromatic carbocycles. The highest BCUT2D eigenvalue weighted by Gasteiger charge is 2.04. The lowest BCUT2D eigenvalue weighted by atomic mass is 10.2. The normalized spacial score (nSPS) is 11.8. The van der Waals surface area contributed by atoms with Crippen LogP contribution in [-0.4, -0.2) is 19.9 Å². The van der Waals surface area contributed by atoms with Crippen molar-refractivity contribution in [3.05, 3.63) is 60.0 Å². The molecule has 0 heterocycles. The second kappa shape index (κ2) is 8.45. The molecule has 0 bridgehead atoms. The third-order valence-electron chi connectivity index (χ3n) is 2.01. The molecule has 18 heavy (non-hydrogen) atoms. The van der Waals surface area contributed by atoms with Crippen molar-refractivity contribution in [2.24, 2.45) is 0 Å². The van der Waals surface area contributed by atoms with Crippen molar-refractivity contribution in [3.63, 3.8) is 0 Å². The van der Waals surface area contributed by atoms with Gasteiger partial charge in [-0.25, -0.2) is 8.42 Å². The summed E-state index contributed by atoms with van der Waals surface area (Å²) in [5, 5.41) is 1.83. The van der Waals surface area contributed by atoms with Crippen molar-refractivity contribution in [1.29, 1.82) is 0 Å². The summed E-state index contributed by atoms with van der Waals surface area (Å²) < 4.78 is 22.7. The number of benzene rings is 1. The first-order valence-corrected chi connectivity index (χ1v) is 9.63. The Bertz CT molecular complexity index is 478. The second-order valence-corrected chi connectivity index (χ2v) is 8.01. The molecule has 0 radical (unpaired) electrons. The summed E-state index contributed by atoms with van der Waals surface area (Å²) >= 11 is 0. The topological polar surface area (TPSA) is 34.1 Å². The molecule has 1 aromatic rings. The Morgan fingerprint density at radius 1 is 1.17 bits per heavy atom. The molecule has 0 aliphatic carbocycles. The van der Waals surface area contributed by atoms with Crippen molar-refractivity contribution in [2.75, 3.05) is 11.5 Å². The molecule has 2 nitrogen and oxygen atoms in total. The molecule has 0 unspecified atom stereocenters. The Balaban J connectivity index is 2.20. The fraction of sp³-hybridized carbons (Fsp3) is 0.231. The van der Waals surface area contributed by atoms with Gasteiger partial charge in [0.15, 0.2) is 9.84 Å². The van der Waals surface area contributed by atoms with Gasteiger partial charge in [0.1, 0.15) is 0 Å². The van der Waals surface area contributed by atoms with E-state index >= 15 is 0 Å². The molecule has 0 atom stereocenters. The lowest BCUT2D eigenvalue weighted by Gasteiger charge is -1.98. The maximum atomic E-state index is 11.3. The van der Waals surface area contributed by atoms with E-state index in [1.807, 2.05) is 23.6 Å². The first kappa shape index (κ1) is 15.4. The minimum atomic E-state index is -3.00. The quantitative estimate of drug-likeness (QED) is 0.417. The molecule has 0 saturated heterocycles. The Morgan fingerprint density at radius 2 is 1.89 bits per heavy atom. The predicted octanol–water partition coefficient (Wildman–Crippen LogP) is 3.68. The van der Waals surface area contributed by atoms with Gasteiger partial charge in [0, 0.05) is 5.75 Å². The van der Waals surface area contributed by atoms with Crippen LogP contribution in [0.15, 0.2) is 54.5 Å². The summed E-state index contributed by atoms with van der Waals surface area (Å²) in [5.74, 6) is 1.03. The number of sulfone groups is 1. The van der Waals surface area contributed by atoms with E-state index in [4.69, 9.17) is 0 Å². The maximum Gasteiger partial charge on any atom is 0.157 e. The monoisotopic (exact) mass is 300 g/mol. The zero-order valence-corrected chi connectivity index (χ0v) is 12.4. The molecule has 0 spiro atoms. The third-order valence-corrected chi connectivity index (χ3v) is 5.44. The van der Waals surface area contributed by atoms with Gasteiger partial charge in [0.25, 0.3) is 0 Å². The fourth-order valence-corrected chi connectivity index (χ4v) is 3.93. The average Bonchev–Trinajstić information content (AvgIpc) is 2.35. The molecular weight excluding hydrogens is 284 g/mol.